The normalized spacial score (nSPS) is 16.9. The SMILES string of the molecule is Cc1nc(NCC[SH]2C=CC=C2c2cccc(C=O)c2)c2cc(F)ncc2n1. The molecule has 5 nitrogen and oxygen atoms in total. The number of halogens is 1. The van der Waals surface area contributed by atoms with Crippen LogP contribution in [0.5, 0.6) is 0 Å². The molecule has 3 aromatic rings. The lowest BCUT2D eigenvalue weighted by molar-refractivity contribution is 0.112. The first-order chi connectivity index (χ1) is 13.6. The maximum Gasteiger partial charge on any atom is 0.213 e. The third-order valence-electron chi connectivity index (χ3n) is 4.45. The highest BCUT2D eigenvalue weighted by molar-refractivity contribution is 8.27. The lowest BCUT2D eigenvalue weighted by atomic mass is 10.1. The van der Waals surface area contributed by atoms with Gasteiger partial charge in [-0.3, -0.25) is 4.79 Å². The molecule has 3 heterocycles. The third-order valence-corrected chi connectivity index (χ3v) is 6.72. The summed E-state index contributed by atoms with van der Waals surface area (Å²) in [4.78, 5) is 24.7. The maximum absolute atomic E-state index is 13.6. The Morgan fingerprint density at radius 1 is 1.25 bits per heavy atom. The van der Waals surface area contributed by atoms with Gasteiger partial charge < -0.3 is 5.32 Å². The molecule has 0 saturated carbocycles. The van der Waals surface area contributed by atoms with Crippen molar-refractivity contribution in [2.45, 2.75) is 6.92 Å². The summed E-state index contributed by atoms with van der Waals surface area (Å²) in [5, 5.41) is 6.17. The molecule has 1 unspecified atom stereocenters. The highest BCUT2D eigenvalue weighted by Gasteiger charge is 2.14. The van der Waals surface area contributed by atoms with Crippen molar-refractivity contribution in [1.82, 2.24) is 15.0 Å². The number of pyridine rings is 1. The van der Waals surface area contributed by atoms with E-state index in [1.54, 1.807) is 13.0 Å². The highest BCUT2D eigenvalue weighted by atomic mass is 32.2. The first-order valence-corrected chi connectivity index (χ1v) is 10.5. The van der Waals surface area contributed by atoms with Crippen molar-refractivity contribution in [3.63, 3.8) is 0 Å². The van der Waals surface area contributed by atoms with E-state index < -0.39 is 16.8 Å². The van der Waals surface area contributed by atoms with Gasteiger partial charge in [0.2, 0.25) is 5.95 Å². The number of anilines is 1. The zero-order chi connectivity index (χ0) is 19.5. The van der Waals surface area contributed by atoms with Crippen LogP contribution >= 0.6 is 10.9 Å². The molecule has 0 aliphatic carbocycles. The van der Waals surface area contributed by atoms with E-state index in [-0.39, 0.29) is 0 Å². The number of aromatic nitrogens is 3. The van der Waals surface area contributed by atoms with Gasteiger partial charge in [0.25, 0.3) is 0 Å². The lowest BCUT2D eigenvalue weighted by Gasteiger charge is -2.19. The van der Waals surface area contributed by atoms with Crippen LogP contribution in [0.4, 0.5) is 10.2 Å². The van der Waals surface area contributed by atoms with Gasteiger partial charge in [0, 0.05) is 23.6 Å². The fourth-order valence-electron chi connectivity index (χ4n) is 3.19. The minimum absolute atomic E-state index is 0.483. The van der Waals surface area contributed by atoms with Crippen molar-refractivity contribution in [2.75, 3.05) is 17.6 Å². The van der Waals surface area contributed by atoms with Crippen molar-refractivity contribution >= 4 is 38.8 Å². The van der Waals surface area contributed by atoms with Crippen molar-refractivity contribution in [3.8, 4) is 0 Å². The van der Waals surface area contributed by atoms with Crippen LogP contribution in [0.25, 0.3) is 15.8 Å². The second-order valence-electron chi connectivity index (χ2n) is 6.40. The fraction of sp³-hybridized carbons (Fsp3) is 0.143. The number of allylic oxidation sites excluding steroid dienone is 2. The van der Waals surface area contributed by atoms with Crippen molar-refractivity contribution in [3.05, 3.63) is 77.0 Å². The number of hydrogen-bond acceptors (Lipinski definition) is 5. The number of nitrogens with one attached hydrogen (secondary N) is 1. The largest absolute Gasteiger partial charge is 0.369 e. The second kappa shape index (κ2) is 7.90. The lowest BCUT2D eigenvalue weighted by Crippen LogP contribution is -2.09. The number of aryl methyl sites for hydroxylation is 1. The zero-order valence-corrected chi connectivity index (χ0v) is 16.2. The maximum atomic E-state index is 13.6. The van der Waals surface area contributed by atoms with Crippen LogP contribution in [0.1, 0.15) is 21.7 Å². The number of aldehydes is 1. The first kappa shape index (κ1) is 18.3. The summed E-state index contributed by atoms with van der Waals surface area (Å²) in [5.74, 6) is 1.59. The molecule has 142 valence electrons. The van der Waals surface area contributed by atoms with Gasteiger partial charge in [-0.1, -0.05) is 24.3 Å². The number of carbonyl (C=O) groups is 1. The minimum Gasteiger partial charge on any atom is -0.369 e. The molecule has 1 aliphatic heterocycles. The second-order valence-corrected chi connectivity index (χ2v) is 8.57. The first-order valence-electron chi connectivity index (χ1n) is 8.88. The summed E-state index contributed by atoms with van der Waals surface area (Å²) in [6, 6.07) is 9.02. The zero-order valence-electron chi connectivity index (χ0n) is 15.3. The Bertz CT molecular complexity index is 1110. The standard InChI is InChI=1S/C21H19FN4OS/c1-14-25-18-12-24-20(22)11-17(18)21(26-14)23-7-9-28-8-3-6-19(28)16-5-2-4-15(10-16)13-27/h2-6,8,10-13,28H,7,9H2,1H3,(H,23,25,26). The number of fused-ring (bicyclic) bond motifs is 1. The topological polar surface area (TPSA) is 67.8 Å². The number of rotatable bonds is 6. The van der Waals surface area contributed by atoms with Crippen LogP contribution in [0.15, 0.2) is 54.1 Å². The summed E-state index contributed by atoms with van der Waals surface area (Å²) in [6.45, 7) is 2.49. The molecule has 4 rings (SSSR count). The smallest absolute Gasteiger partial charge is 0.213 e. The number of carbonyl (C=O) groups excluding carboxylic acids is 1. The average Bonchev–Trinajstić information content (AvgIpc) is 3.17. The van der Waals surface area contributed by atoms with Gasteiger partial charge >= 0.3 is 0 Å². The Morgan fingerprint density at radius 2 is 2.14 bits per heavy atom. The Morgan fingerprint density at radius 3 is 3.00 bits per heavy atom. The van der Waals surface area contributed by atoms with E-state index in [1.165, 1.54) is 17.2 Å². The Kier molecular flexibility index (Phi) is 5.16. The van der Waals surface area contributed by atoms with E-state index in [2.05, 4.69) is 37.8 Å². The molecule has 0 bridgehead atoms. The van der Waals surface area contributed by atoms with Crippen molar-refractivity contribution < 1.29 is 9.18 Å². The van der Waals surface area contributed by atoms with E-state index in [9.17, 15) is 9.18 Å². The molecule has 7 heteroatoms. The number of hydrogen-bond donors (Lipinski definition) is 2. The van der Waals surface area contributed by atoms with Crippen LogP contribution in [0.3, 0.4) is 0 Å². The van der Waals surface area contributed by atoms with E-state index in [0.717, 1.165) is 17.6 Å². The van der Waals surface area contributed by atoms with Crippen LogP contribution in [0.2, 0.25) is 0 Å². The molecular weight excluding hydrogens is 375 g/mol. The molecule has 28 heavy (non-hydrogen) atoms. The number of benzene rings is 1. The van der Waals surface area contributed by atoms with Gasteiger partial charge in [0.15, 0.2) is 0 Å². The molecule has 0 amide bonds. The molecule has 0 spiro atoms. The van der Waals surface area contributed by atoms with Crippen LogP contribution in [-0.2, 0) is 0 Å². The molecule has 0 radical (unpaired) electrons. The van der Waals surface area contributed by atoms with Gasteiger partial charge in [0.1, 0.15) is 17.9 Å². The molecule has 1 N–H and O–H groups in total. The highest BCUT2D eigenvalue weighted by Crippen LogP contribution is 2.46. The summed E-state index contributed by atoms with van der Waals surface area (Å²) in [5.41, 5.74) is 2.38. The summed E-state index contributed by atoms with van der Waals surface area (Å²) in [6.07, 6.45) is 6.47. The van der Waals surface area contributed by atoms with E-state index in [1.807, 2.05) is 18.2 Å². The van der Waals surface area contributed by atoms with E-state index in [4.69, 9.17) is 0 Å². The van der Waals surface area contributed by atoms with Crippen LogP contribution < -0.4 is 5.32 Å². The van der Waals surface area contributed by atoms with Crippen LogP contribution in [-0.4, -0.2) is 33.5 Å². The molecular formula is C21H19FN4OS. The van der Waals surface area contributed by atoms with E-state index >= 15 is 0 Å². The van der Waals surface area contributed by atoms with Gasteiger partial charge in [0.05, 0.1) is 11.7 Å². The van der Waals surface area contributed by atoms with Gasteiger partial charge in [-0.2, -0.15) is 4.39 Å². The summed E-state index contributed by atoms with van der Waals surface area (Å²) < 4.78 is 13.6. The van der Waals surface area contributed by atoms with E-state index in [0.29, 0.717) is 34.7 Å². The molecule has 0 fully saturated rings. The van der Waals surface area contributed by atoms with Gasteiger partial charge in [-0.05, 0) is 40.7 Å². The van der Waals surface area contributed by atoms with Gasteiger partial charge in [-0.15, -0.1) is 0 Å². The minimum atomic E-state index is -0.550. The van der Waals surface area contributed by atoms with Crippen LogP contribution in [0, 0.1) is 12.9 Å². The summed E-state index contributed by atoms with van der Waals surface area (Å²) >= 11 is 0. The average molecular weight is 394 g/mol. The predicted molar refractivity (Wildman–Crippen MR) is 113 cm³/mol. The van der Waals surface area contributed by atoms with Crippen molar-refractivity contribution in [1.29, 1.82) is 0 Å². The fourth-order valence-corrected chi connectivity index (χ4v) is 5.14. The number of thiol groups is 1. The Hall–Kier alpha value is -3.06. The van der Waals surface area contributed by atoms with Gasteiger partial charge in [-0.25, -0.2) is 25.8 Å². The quantitative estimate of drug-likeness (QED) is 0.371. The molecule has 1 aliphatic rings. The Labute approximate surface area is 164 Å². The third kappa shape index (κ3) is 3.80. The van der Waals surface area contributed by atoms with Crippen molar-refractivity contribution in [2.24, 2.45) is 0 Å². The summed E-state index contributed by atoms with van der Waals surface area (Å²) in [7, 11) is -0.483. The monoisotopic (exact) mass is 394 g/mol. The molecule has 2 aromatic heterocycles. The molecule has 1 aromatic carbocycles. The molecule has 1 atom stereocenters. The number of nitrogens with zero attached hydrogens (tertiary/aromatic N) is 3. The molecule has 0 saturated heterocycles. The Balaban J connectivity index is 1.49. The predicted octanol–water partition coefficient (Wildman–Crippen LogP) is 4.27.